The number of benzene rings is 1. The molecule has 214 valence electrons. The van der Waals surface area contributed by atoms with Crippen molar-refractivity contribution < 1.29 is 9.53 Å². The minimum atomic E-state index is 0.00857. The third-order valence-corrected chi connectivity index (χ3v) is 7.66. The molecule has 0 aromatic heterocycles. The van der Waals surface area contributed by atoms with Gasteiger partial charge in [-0.3, -0.25) is 4.79 Å². The highest BCUT2D eigenvalue weighted by Gasteiger charge is 2.19. The Labute approximate surface area is 230 Å². The normalized spacial score (nSPS) is 12.1. The summed E-state index contributed by atoms with van der Waals surface area (Å²) in [6.45, 7) is 9.41. The number of esters is 1. The van der Waals surface area contributed by atoms with Gasteiger partial charge in [-0.15, -0.1) is 0 Å². The second kappa shape index (κ2) is 23.6. The summed E-state index contributed by atoms with van der Waals surface area (Å²) in [6, 6.07) is 9.13. The molecule has 0 bridgehead atoms. The first-order valence-corrected chi connectivity index (χ1v) is 16.2. The van der Waals surface area contributed by atoms with Crippen LogP contribution >= 0.6 is 0 Å². The molecule has 37 heavy (non-hydrogen) atoms. The van der Waals surface area contributed by atoms with Crippen LogP contribution in [0.15, 0.2) is 24.3 Å². The first-order valence-electron chi connectivity index (χ1n) is 16.2. The van der Waals surface area contributed by atoms with Gasteiger partial charge in [0.1, 0.15) is 6.61 Å². The summed E-state index contributed by atoms with van der Waals surface area (Å²) in [5.41, 5.74) is 2.27. The van der Waals surface area contributed by atoms with Crippen LogP contribution in [-0.2, 0) is 16.1 Å². The van der Waals surface area contributed by atoms with Crippen LogP contribution in [0.1, 0.15) is 162 Å². The molecule has 3 heteroatoms. The Bertz CT molecular complexity index is 630. The molecule has 1 unspecified atom stereocenters. The lowest BCUT2D eigenvalue weighted by Gasteiger charge is -2.20. The van der Waals surface area contributed by atoms with Gasteiger partial charge >= 0.3 is 5.97 Å². The lowest BCUT2D eigenvalue weighted by molar-refractivity contribution is -0.150. The van der Waals surface area contributed by atoms with E-state index in [1.165, 1.54) is 108 Å². The van der Waals surface area contributed by atoms with Crippen LogP contribution < -0.4 is 5.32 Å². The molecule has 3 nitrogen and oxygen atoms in total. The minimum Gasteiger partial charge on any atom is -0.461 e. The zero-order chi connectivity index (χ0) is 27.0. The average Bonchev–Trinajstić information content (AvgIpc) is 2.91. The topological polar surface area (TPSA) is 38.3 Å². The lowest BCUT2D eigenvalue weighted by atomic mass is 9.94. The van der Waals surface area contributed by atoms with Crippen molar-refractivity contribution in [2.24, 2.45) is 5.92 Å². The number of anilines is 1. The van der Waals surface area contributed by atoms with Crippen LogP contribution in [0.5, 0.6) is 0 Å². The molecule has 0 radical (unpaired) electrons. The SMILES string of the molecule is CCCCCCCC(CCCCC)Nc1ccc(COC(=O)C(CCCCCC)CCCCCC)cc1. The smallest absolute Gasteiger partial charge is 0.309 e. The van der Waals surface area contributed by atoms with Gasteiger partial charge in [-0.2, -0.15) is 0 Å². The number of nitrogens with one attached hydrogen (secondary N) is 1. The Morgan fingerprint density at radius 3 is 1.59 bits per heavy atom. The van der Waals surface area contributed by atoms with E-state index < -0.39 is 0 Å². The summed E-state index contributed by atoms with van der Waals surface area (Å²) in [5, 5.41) is 3.80. The fourth-order valence-electron chi connectivity index (χ4n) is 5.14. The van der Waals surface area contributed by atoms with E-state index in [1.54, 1.807) is 0 Å². The van der Waals surface area contributed by atoms with Gasteiger partial charge in [0.2, 0.25) is 0 Å². The second-order valence-corrected chi connectivity index (χ2v) is 11.2. The first kappa shape index (κ1) is 33.5. The summed E-state index contributed by atoms with van der Waals surface area (Å²) in [6.07, 6.45) is 24.8. The van der Waals surface area contributed by atoms with Gasteiger partial charge in [0.25, 0.3) is 0 Å². The Balaban J connectivity index is 2.55. The maximum absolute atomic E-state index is 12.9. The van der Waals surface area contributed by atoms with Gasteiger partial charge in [-0.05, 0) is 43.4 Å². The maximum Gasteiger partial charge on any atom is 0.309 e. The van der Waals surface area contributed by atoms with Crippen molar-refractivity contribution in [2.75, 3.05) is 5.32 Å². The number of ether oxygens (including phenoxy) is 1. The Morgan fingerprint density at radius 2 is 1.05 bits per heavy atom. The fraction of sp³-hybridized carbons (Fsp3) is 0.794. The monoisotopic (exact) mass is 515 g/mol. The van der Waals surface area contributed by atoms with Crippen LogP contribution in [0.2, 0.25) is 0 Å². The molecule has 0 heterocycles. The van der Waals surface area contributed by atoms with E-state index in [4.69, 9.17) is 4.74 Å². The Kier molecular flexibility index (Phi) is 21.4. The molecule has 1 aromatic rings. The number of rotatable bonds is 25. The number of hydrogen-bond donors (Lipinski definition) is 1. The summed E-state index contributed by atoms with van der Waals surface area (Å²) in [5.74, 6) is 0.0742. The van der Waals surface area contributed by atoms with E-state index in [0.29, 0.717) is 12.6 Å². The zero-order valence-electron chi connectivity index (χ0n) is 25.1. The molecular formula is C34H61NO2. The molecule has 0 fully saturated rings. The van der Waals surface area contributed by atoms with Crippen LogP contribution in [0.25, 0.3) is 0 Å². The third kappa shape index (κ3) is 17.6. The average molecular weight is 516 g/mol. The quantitative estimate of drug-likeness (QED) is 0.104. The molecule has 0 aliphatic heterocycles. The van der Waals surface area contributed by atoms with Crippen molar-refractivity contribution in [3.8, 4) is 0 Å². The lowest BCUT2D eigenvalue weighted by Crippen LogP contribution is -2.19. The van der Waals surface area contributed by atoms with Crippen LogP contribution in [-0.4, -0.2) is 12.0 Å². The van der Waals surface area contributed by atoms with Crippen LogP contribution in [0.4, 0.5) is 5.69 Å². The molecule has 0 spiro atoms. The molecule has 1 rings (SSSR count). The third-order valence-electron chi connectivity index (χ3n) is 7.66. The molecule has 1 aromatic carbocycles. The summed E-state index contributed by atoms with van der Waals surface area (Å²) < 4.78 is 5.82. The van der Waals surface area contributed by atoms with Gasteiger partial charge in [0, 0.05) is 11.7 Å². The molecule has 0 amide bonds. The Hall–Kier alpha value is -1.51. The largest absolute Gasteiger partial charge is 0.461 e. The van der Waals surface area contributed by atoms with E-state index >= 15 is 0 Å². The van der Waals surface area contributed by atoms with Gasteiger partial charge in [0.15, 0.2) is 0 Å². The molecule has 1 N–H and O–H groups in total. The number of hydrogen-bond acceptors (Lipinski definition) is 3. The van der Waals surface area contributed by atoms with Crippen molar-refractivity contribution >= 4 is 11.7 Å². The Morgan fingerprint density at radius 1 is 0.622 bits per heavy atom. The molecule has 0 aliphatic rings. The maximum atomic E-state index is 12.9. The van der Waals surface area contributed by atoms with Crippen molar-refractivity contribution in [3.63, 3.8) is 0 Å². The van der Waals surface area contributed by atoms with Gasteiger partial charge in [-0.1, -0.05) is 143 Å². The van der Waals surface area contributed by atoms with E-state index in [2.05, 4.69) is 57.3 Å². The summed E-state index contributed by atoms with van der Waals surface area (Å²) in [7, 11) is 0. The molecule has 0 saturated carbocycles. The highest BCUT2D eigenvalue weighted by atomic mass is 16.5. The van der Waals surface area contributed by atoms with E-state index in [9.17, 15) is 4.79 Å². The van der Waals surface area contributed by atoms with Crippen molar-refractivity contribution in [1.29, 1.82) is 0 Å². The summed E-state index contributed by atoms with van der Waals surface area (Å²) >= 11 is 0. The van der Waals surface area contributed by atoms with E-state index in [0.717, 1.165) is 31.2 Å². The number of carbonyl (C=O) groups is 1. The molecular weight excluding hydrogens is 454 g/mol. The predicted octanol–water partition coefficient (Wildman–Crippen LogP) is 11.0. The standard InChI is InChI=1S/C34H61NO2/c1-5-9-13-16-20-24-32(23-17-12-8-4)35-33-27-25-30(26-28-33)29-37-34(36)31(21-18-14-10-6-2)22-19-15-11-7-3/h25-28,31-32,35H,5-24,29H2,1-4H3. The zero-order valence-corrected chi connectivity index (χ0v) is 25.1. The highest BCUT2D eigenvalue weighted by molar-refractivity contribution is 5.72. The summed E-state index contributed by atoms with van der Waals surface area (Å²) in [4.78, 5) is 12.9. The van der Waals surface area contributed by atoms with Crippen LogP contribution in [0, 0.1) is 5.92 Å². The van der Waals surface area contributed by atoms with Gasteiger partial charge < -0.3 is 10.1 Å². The number of unbranched alkanes of at least 4 members (excludes halogenated alkanes) is 12. The first-order chi connectivity index (χ1) is 18.1. The van der Waals surface area contributed by atoms with Gasteiger partial charge in [-0.25, -0.2) is 0 Å². The predicted molar refractivity (Wildman–Crippen MR) is 162 cm³/mol. The molecule has 0 aliphatic carbocycles. The molecule has 0 saturated heterocycles. The van der Waals surface area contributed by atoms with Gasteiger partial charge in [0.05, 0.1) is 5.92 Å². The van der Waals surface area contributed by atoms with Crippen molar-refractivity contribution in [2.45, 2.75) is 169 Å². The number of carbonyl (C=O) groups excluding carboxylic acids is 1. The molecule has 1 atom stereocenters. The van der Waals surface area contributed by atoms with Crippen LogP contribution in [0.3, 0.4) is 0 Å². The van der Waals surface area contributed by atoms with E-state index in [-0.39, 0.29) is 11.9 Å². The van der Waals surface area contributed by atoms with Crippen molar-refractivity contribution in [3.05, 3.63) is 29.8 Å². The van der Waals surface area contributed by atoms with Crippen molar-refractivity contribution in [1.82, 2.24) is 0 Å². The highest BCUT2D eigenvalue weighted by Crippen LogP contribution is 2.22. The fourth-order valence-corrected chi connectivity index (χ4v) is 5.14. The second-order valence-electron chi connectivity index (χ2n) is 11.2. The van der Waals surface area contributed by atoms with E-state index in [1.807, 2.05) is 0 Å². The minimum absolute atomic E-state index is 0.00857.